The molecule has 0 unspecified atom stereocenters. The molecule has 1 aliphatic carbocycles. The monoisotopic (exact) mass is 612 g/mol. The molecule has 0 radical (unpaired) electrons. The van der Waals surface area contributed by atoms with E-state index in [-0.39, 0.29) is 25.0 Å². The standard InChI is InChI=1S/C40H52O5/c1-6-36-27(3)18-21-37(45-36)28(4)23-26(2)17-19-33-29(5)34(33)20-22-38-39(42)35(41)24-32(44-38)25-40(43,30-13-9-7-10-14-30)31-15-11-8-12-16-31/h7-20,22-23,26,29,32-39,41-43H,6,21,24-25H2,1-5H3/b19-17+,22-20+,28-23+/t26-,29-,32+,33+,34+,35+,36-,37-,38+,39-/m1/s1. The summed E-state index contributed by atoms with van der Waals surface area (Å²) in [7, 11) is 0. The SMILES string of the molecule is CC[C@H]1O[C@@H](/C(C)=C/[C@H](C)/C=C/[C@H]2[C@@H](C)[C@@H]2/C=C/[C@@H]2O[C@H](CC(O)(c3ccccc3)c3ccccc3)C[C@H](O)[C@H]2O)CC=C1C. The van der Waals surface area contributed by atoms with Gasteiger partial charge in [-0.1, -0.05) is 118 Å². The Hall–Kier alpha value is -2.80. The van der Waals surface area contributed by atoms with Crippen LogP contribution >= 0.6 is 0 Å². The molecule has 3 aliphatic rings. The van der Waals surface area contributed by atoms with Crippen molar-refractivity contribution in [2.75, 3.05) is 0 Å². The number of hydrogen-bond donors (Lipinski definition) is 3. The first-order valence-corrected chi connectivity index (χ1v) is 16.8. The highest BCUT2D eigenvalue weighted by molar-refractivity contribution is 5.36. The summed E-state index contributed by atoms with van der Waals surface area (Å²) in [5.74, 6) is 1.60. The van der Waals surface area contributed by atoms with Crippen molar-refractivity contribution in [2.45, 2.75) is 103 Å². The topological polar surface area (TPSA) is 79.2 Å². The second-order valence-electron chi connectivity index (χ2n) is 13.6. The van der Waals surface area contributed by atoms with Crippen LogP contribution in [0.5, 0.6) is 0 Å². The molecule has 2 aliphatic heterocycles. The quantitative estimate of drug-likeness (QED) is 0.233. The summed E-state index contributed by atoms with van der Waals surface area (Å²) in [5.41, 5.74) is 2.89. The molecular weight excluding hydrogens is 560 g/mol. The third-order valence-electron chi connectivity index (χ3n) is 10.2. The van der Waals surface area contributed by atoms with Crippen LogP contribution in [0, 0.1) is 23.7 Å². The number of rotatable bonds is 11. The van der Waals surface area contributed by atoms with E-state index < -0.39 is 30.0 Å². The summed E-state index contributed by atoms with van der Waals surface area (Å²) >= 11 is 0. The molecule has 2 aromatic carbocycles. The molecule has 3 N–H and O–H groups in total. The highest BCUT2D eigenvalue weighted by Crippen LogP contribution is 2.48. The van der Waals surface area contributed by atoms with Crippen LogP contribution in [0.15, 0.2) is 108 Å². The Labute approximate surface area is 270 Å². The summed E-state index contributed by atoms with van der Waals surface area (Å²) in [4.78, 5) is 0. The Morgan fingerprint density at radius 1 is 0.956 bits per heavy atom. The van der Waals surface area contributed by atoms with Gasteiger partial charge < -0.3 is 24.8 Å². The molecule has 10 atom stereocenters. The van der Waals surface area contributed by atoms with Crippen LogP contribution in [0.3, 0.4) is 0 Å². The lowest BCUT2D eigenvalue weighted by atomic mass is 9.80. The molecule has 0 aromatic heterocycles. The molecule has 0 bridgehead atoms. The van der Waals surface area contributed by atoms with Gasteiger partial charge in [-0.15, -0.1) is 0 Å². The highest BCUT2D eigenvalue weighted by Gasteiger charge is 2.44. The van der Waals surface area contributed by atoms with Gasteiger partial charge in [0.05, 0.1) is 24.4 Å². The van der Waals surface area contributed by atoms with Crippen LogP contribution < -0.4 is 0 Å². The normalized spacial score (nSPS) is 33.4. The van der Waals surface area contributed by atoms with Crippen LogP contribution in [0.1, 0.15) is 71.4 Å². The minimum Gasteiger partial charge on any atom is -0.390 e. The average molecular weight is 613 g/mol. The zero-order chi connectivity index (χ0) is 32.1. The Morgan fingerprint density at radius 3 is 2.20 bits per heavy atom. The van der Waals surface area contributed by atoms with E-state index >= 15 is 0 Å². The van der Waals surface area contributed by atoms with E-state index in [0.29, 0.717) is 23.7 Å². The van der Waals surface area contributed by atoms with Crippen molar-refractivity contribution < 1.29 is 24.8 Å². The zero-order valence-electron chi connectivity index (χ0n) is 27.5. The Balaban J connectivity index is 1.21. The van der Waals surface area contributed by atoms with Crippen LogP contribution in [0.25, 0.3) is 0 Å². The van der Waals surface area contributed by atoms with Gasteiger partial charge in [-0.05, 0) is 72.6 Å². The van der Waals surface area contributed by atoms with Crippen LogP contribution in [0.2, 0.25) is 0 Å². The Kier molecular flexibility index (Phi) is 11.0. The minimum atomic E-state index is -1.29. The van der Waals surface area contributed by atoms with Crippen molar-refractivity contribution in [2.24, 2.45) is 23.7 Å². The molecule has 0 spiro atoms. The summed E-state index contributed by atoms with van der Waals surface area (Å²) < 4.78 is 12.7. The van der Waals surface area contributed by atoms with Gasteiger partial charge in [-0.2, -0.15) is 0 Å². The summed E-state index contributed by atoms with van der Waals surface area (Å²) in [6.07, 6.45) is 13.1. The van der Waals surface area contributed by atoms with Gasteiger partial charge in [-0.3, -0.25) is 0 Å². The van der Waals surface area contributed by atoms with Crippen LogP contribution in [-0.4, -0.2) is 51.9 Å². The van der Waals surface area contributed by atoms with Gasteiger partial charge in [-0.25, -0.2) is 0 Å². The maximum absolute atomic E-state index is 12.0. The lowest BCUT2D eigenvalue weighted by molar-refractivity contribution is -0.164. The molecule has 1 saturated heterocycles. The second kappa shape index (κ2) is 14.7. The zero-order valence-corrected chi connectivity index (χ0v) is 27.5. The van der Waals surface area contributed by atoms with Crippen LogP contribution in [0.4, 0.5) is 0 Å². The lowest BCUT2D eigenvalue weighted by Crippen LogP contribution is -2.49. The van der Waals surface area contributed by atoms with E-state index in [9.17, 15) is 15.3 Å². The number of aliphatic hydroxyl groups is 3. The molecule has 5 rings (SSSR count). The molecule has 45 heavy (non-hydrogen) atoms. The maximum Gasteiger partial charge on any atom is 0.117 e. The number of hydrogen-bond acceptors (Lipinski definition) is 5. The molecule has 2 heterocycles. The van der Waals surface area contributed by atoms with Crippen molar-refractivity contribution >= 4 is 0 Å². The van der Waals surface area contributed by atoms with E-state index in [1.165, 1.54) is 11.1 Å². The predicted molar refractivity (Wildman–Crippen MR) is 180 cm³/mol. The number of benzene rings is 2. The Bertz CT molecular complexity index is 1320. The van der Waals surface area contributed by atoms with Gasteiger partial charge in [0.15, 0.2) is 0 Å². The van der Waals surface area contributed by atoms with Gasteiger partial charge in [0.2, 0.25) is 0 Å². The van der Waals surface area contributed by atoms with E-state index in [1.54, 1.807) is 0 Å². The molecule has 242 valence electrons. The first kappa shape index (κ1) is 33.6. The summed E-state index contributed by atoms with van der Waals surface area (Å²) in [6, 6.07) is 19.2. The molecule has 5 heteroatoms. The highest BCUT2D eigenvalue weighted by atomic mass is 16.5. The van der Waals surface area contributed by atoms with Gasteiger partial charge in [0.1, 0.15) is 17.8 Å². The molecule has 0 amide bonds. The largest absolute Gasteiger partial charge is 0.390 e. The fourth-order valence-corrected chi connectivity index (χ4v) is 7.19. The Morgan fingerprint density at radius 2 is 1.58 bits per heavy atom. The first-order chi connectivity index (χ1) is 21.6. The third-order valence-corrected chi connectivity index (χ3v) is 10.2. The number of aliphatic hydroxyl groups excluding tert-OH is 2. The first-order valence-electron chi connectivity index (χ1n) is 16.8. The van der Waals surface area contributed by atoms with Gasteiger partial charge in [0, 0.05) is 12.8 Å². The number of ether oxygens (including phenoxy) is 2. The van der Waals surface area contributed by atoms with Gasteiger partial charge >= 0.3 is 0 Å². The molecule has 2 aromatic rings. The number of allylic oxidation sites excluding steroid dienone is 4. The lowest BCUT2D eigenvalue weighted by Gasteiger charge is -2.40. The van der Waals surface area contributed by atoms with Crippen molar-refractivity contribution in [3.63, 3.8) is 0 Å². The van der Waals surface area contributed by atoms with E-state index in [4.69, 9.17) is 9.47 Å². The van der Waals surface area contributed by atoms with E-state index in [2.05, 4.69) is 65.0 Å². The van der Waals surface area contributed by atoms with Gasteiger partial charge in [0.25, 0.3) is 0 Å². The summed E-state index contributed by atoms with van der Waals surface area (Å²) in [5, 5.41) is 33.7. The fourth-order valence-electron chi connectivity index (χ4n) is 7.19. The molecule has 5 nitrogen and oxygen atoms in total. The van der Waals surface area contributed by atoms with Crippen molar-refractivity contribution in [3.05, 3.63) is 119 Å². The second-order valence-corrected chi connectivity index (χ2v) is 13.6. The average Bonchev–Trinajstić information content (AvgIpc) is 3.68. The molecular formula is C40H52O5. The fraction of sp³-hybridized carbons (Fsp3) is 0.500. The van der Waals surface area contributed by atoms with E-state index in [0.717, 1.165) is 24.0 Å². The molecule has 2 fully saturated rings. The molecule has 1 saturated carbocycles. The van der Waals surface area contributed by atoms with Crippen molar-refractivity contribution in [3.8, 4) is 0 Å². The minimum absolute atomic E-state index is 0.155. The van der Waals surface area contributed by atoms with Crippen molar-refractivity contribution in [1.82, 2.24) is 0 Å². The predicted octanol–water partition coefficient (Wildman–Crippen LogP) is 7.28. The maximum atomic E-state index is 12.0. The third kappa shape index (κ3) is 7.96. The van der Waals surface area contributed by atoms with Crippen molar-refractivity contribution in [1.29, 1.82) is 0 Å². The van der Waals surface area contributed by atoms with Crippen LogP contribution in [-0.2, 0) is 15.1 Å². The smallest absolute Gasteiger partial charge is 0.117 e. The van der Waals surface area contributed by atoms with E-state index in [1.807, 2.05) is 66.7 Å². The summed E-state index contributed by atoms with van der Waals surface area (Å²) in [6.45, 7) is 11.0.